The first kappa shape index (κ1) is 8.01. The summed E-state index contributed by atoms with van der Waals surface area (Å²) in [5.41, 5.74) is 0.498. The molecule has 4 heteroatoms. The summed E-state index contributed by atoms with van der Waals surface area (Å²) in [6, 6.07) is 0. The lowest BCUT2D eigenvalue weighted by Crippen LogP contribution is -2.04. The van der Waals surface area contributed by atoms with Gasteiger partial charge in [0.2, 0.25) is 0 Å². The lowest BCUT2D eigenvalue weighted by atomic mass is 10.4. The number of halogens is 1. The van der Waals surface area contributed by atoms with Crippen molar-refractivity contribution < 1.29 is 0 Å². The van der Waals surface area contributed by atoms with Gasteiger partial charge in [-0.15, -0.1) is 11.6 Å². The maximum atomic E-state index is 10.5. The second-order valence-corrected chi connectivity index (χ2v) is 2.20. The highest BCUT2D eigenvalue weighted by molar-refractivity contribution is 6.19. The van der Waals surface area contributed by atoms with Gasteiger partial charge < -0.3 is 4.98 Å². The molecule has 1 aromatic heterocycles. The molecule has 0 unspecified atom stereocenters. The molecule has 0 spiro atoms. The summed E-state index contributed by atoms with van der Waals surface area (Å²) in [7, 11) is 0. The average Bonchev–Trinajstić information content (AvgIpc) is 2.04. The van der Waals surface area contributed by atoms with Crippen molar-refractivity contribution >= 4 is 17.7 Å². The third-order valence-corrected chi connectivity index (χ3v) is 1.25. The van der Waals surface area contributed by atoms with Gasteiger partial charge in [-0.05, 0) is 6.08 Å². The van der Waals surface area contributed by atoms with Crippen molar-refractivity contribution in [3.05, 3.63) is 34.5 Å². The van der Waals surface area contributed by atoms with Gasteiger partial charge in [-0.25, -0.2) is 4.98 Å². The van der Waals surface area contributed by atoms with Crippen molar-refractivity contribution in [3.63, 3.8) is 0 Å². The van der Waals surface area contributed by atoms with E-state index in [1.54, 1.807) is 12.2 Å². The first-order valence-electron chi connectivity index (χ1n) is 3.10. The Balaban J connectivity index is 2.82. The maximum absolute atomic E-state index is 10.5. The molecule has 0 aliphatic heterocycles. The van der Waals surface area contributed by atoms with E-state index >= 15 is 0 Å². The van der Waals surface area contributed by atoms with Gasteiger partial charge in [-0.2, -0.15) is 0 Å². The summed E-state index contributed by atoms with van der Waals surface area (Å²) >= 11 is 5.40. The van der Waals surface area contributed by atoms with Gasteiger partial charge in [0, 0.05) is 12.1 Å². The lowest BCUT2D eigenvalue weighted by Gasteiger charge is -1.87. The Morgan fingerprint density at radius 3 is 3.09 bits per heavy atom. The Morgan fingerprint density at radius 1 is 1.73 bits per heavy atom. The molecule has 58 valence electrons. The number of hydrogen-bond donors (Lipinski definition) is 1. The van der Waals surface area contributed by atoms with E-state index in [-0.39, 0.29) is 5.56 Å². The van der Waals surface area contributed by atoms with E-state index in [0.29, 0.717) is 11.6 Å². The molecule has 0 aliphatic carbocycles. The van der Waals surface area contributed by atoms with Gasteiger partial charge in [0.25, 0.3) is 5.56 Å². The van der Waals surface area contributed by atoms with Crippen LogP contribution in [0.2, 0.25) is 0 Å². The molecular weight excluding hydrogens is 164 g/mol. The number of aromatic amines is 1. The van der Waals surface area contributed by atoms with E-state index < -0.39 is 0 Å². The predicted molar refractivity (Wildman–Crippen MR) is 44.6 cm³/mol. The van der Waals surface area contributed by atoms with Crippen LogP contribution in [0.25, 0.3) is 6.08 Å². The molecule has 0 fully saturated rings. The average molecular weight is 171 g/mol. The van der Waals surface area contributed by atoms with E-state index in [0.717, 1.165) is 0 Å². The van der Waals surface area contributed by atoms with Crippen LogP contribution in [0.4, 0.5) is 0 Å². The quantitative estimate of drug-likeness (QED) is 0.674. The molecule has 0 saturated heterocycles. The zero-order chi connectivity index (χ0) is 8.10. The van der Waals surface area contributed by atoms with Gasteiger partial charge >= 0.3 is 0 Å². The second-order valence-electron chi connectivity index (χ2n) is 1.89. The predicted octanol–water partition coefficient (Wildman–Crippen LogP) is 1.02. The summed E-state index contributed by atoms with van der Waals surface area (Å²) in [4.78, 5) is 16.9. The molecule has 1 N–H and O–H groups in total. The summed E-state index contributed by atoms with van der Waals surface area (Å²) < 4.78 is 0. The third-order valence-electron chi connectivity index (χ3n) is 1.07. The monoisotopic (exact) mass is 170 g/mol. The normalized spacial score (nSPS) is 10.6. The van der Waals surface area contributed by atoms with Crippen LogP contribution in [-0.4, -0.2) is 15.8 Å². The van der Waals surface area contributed by atoms with Crippen LogP contribution in [0, 0.1) is 0 Å². The highest BCUT2D eigenvalue weighted by Crippen LogP contribution is 1.91. The van der Waals surface area contributed by atoms with Gasteiger partial charge in [0.1, 0.15) is 0 Å². The number of alkyl halides is 1. The SMILES string of the molecule is O=c1cnc(C=CCCl)c[nH]1. The number of nitrogens with one attached hydrogen (secondary N) is 1. The Kier molecular flexibility index (Phi) is 2.86. The van der Waals surface area contributed by atoms with E-state index in [4.69, 9.17) is 11.6 Å². The highest BCUT2D eigenvalue weighted by Gasteiger charge is 1.85. The molecule has 1 aromatic rings. The van der Waals surface area contributed by atoms with Crippen LogP contribution in [0.15, 0.2) is 23.3 Å². The lowest BCUT2D eigenvalue weighted by molar-refractivity contribution is 1.12. The molecule has 11 heavy (non-hydrogen) atoms. The van der Waals surface area contributed by atoms with Crippen LogP contribution < -0.4 is 5.56 Å². The Labute approximate surface area is 68.7 Å². The van der Waals surface area contributed by atoms with E-state index in [1.807, 2.05) is 0 Å². The van der Waals surface area contributed by atoms with E-state index in [9.17, 15) is 4.79 Å². The number of allylic oxidation sites excluding steroid dienone is 1. The van der Waals surface area contributed by atoms with Crippen LogP contribution in [0.3, 0.4) is 0 Å². The first-order chi connectivity index (χ1) is 5.33. The minimum Gasteiger partial charge on any atom is -0.326 e. The Morgan fingerprint density at radius 2 is 2.55 bits per heavy atom. The molecule has 1 heterocycles. The number of aromatic nitrogens is 2. The molecule has 0 saturated carbocycles. The van der Waals surface area contributed by atoms with Gasteiger partial charge in [-0.1, -0.05) is 6.08 Å². The molecule has 0 aliphatic rings. The number of nitrogens with zero attached hydrogens (tertiary/aromatic N) is 1. The number of rotatable bonds is 2. The van der Waals surface area contributed by atoms with Crippen LogP contribution in [0.1, 0.15) is 5.69 Å². The Bertz CT molecular complexity index is 285. The third kappa shape index (κ3) is 2.55. The summed E-state index contributed by atoms with van der Waals surface area (Å²) in [5, 5.41) is 0. The molecular formula is C7H7ClN2O. The zero-order valence-corrected chi connectivity index (χ0v) is 6.51. The van der Waals surface area contributed by atoms with Gasteiger partial charge in [-0.3, -0.25) is 4.79 Å². The molecule has 0 radical (unpaired) electrons. The topological polar surface area (TPSA) is 45.8 Å². The molecule has 3 nitrogen and oxygen atoms in total. The van der Waals surface area contributed by atoms with Crippen LogP contribution >= 0.6 is 11.6 Å². The largest absolute Gasteiger partial charge is 0.326 e. The van der Waals surface area contributed by atoms with Crippen LogP contribution in [-0.2, 0) is 0 Å². The molecule has 1 rings (SSSR count). The van der Waals surface area contributed by atoms with E-state index in [2.05, 4.69) is 9.97 Å². The fourth-order valence-corrected chi connectivity index (χ4v) is 0.698. The fourth-order valence-electron chi connectivity index (χ4n) is 0.609. The maximum Gasteiger partial charge on any atom is 0.266 e. The van der Waals surface area contributed by atoms with Crippen molar-refractivity contribution in [3.8, 4) is 0 Å². The smallest absolute Gasteiger partial charge is 0.266 e. The highest BCUT2D eigenvalue weighted by atomic mass is 35.5. The molecule has 0 aromatic carbocycles. The number of H-pyrrole nitrogens is 1. The van der Waals surface area contributed by atoms with Crippen LogP contribution in [0.5, 0.6) is 0 Å². The minimum absolute atomic E-state index is 0.201. The standard InChI is InChI=1S/C7H7ClN2O/c8-3-1-2-6-4-10-7(11)5-9-6/h1-2,4-5H,3H2,(H,10,11). The van der Waals surface area contributed by atoms with E-state index in [1.165, 1.54) is 12.4 Å². The van der Waals surface area contributed by atoms with Crippen molar-refractivity contribution in [2.75, 3.05) is 5.88 Å². The summed E-state index contributed by atoms with van der Waals surface area (Å²) in [6.45, 7) is 0. The van der Waals surface area contributed by atoms with Crippen molar-refractivity contribution in [2.24, 2.45) is 0 Å². The molecule has 0 atom stereocenters. The second kappa shape index (κ2) is 3.93. The van der Waals surface area contributed by atoms with Gasteiger partial charge in [0.05, 0.1) is 11.9 Å². The fraction of sp³-hybridized carbons (Fsp3) is 0.143. The van der Waals surface area contributed by atoms with Crippen molar-refractivity contribution in [1.29, 1.82) is 0 Å². The molecule has 0 amide bonds. The van der Waals surface area contributed by atoms with Gasteiger partial charge in [0.15, 0.2) is 0 Å². The van der Waals surface area contributed by atoms with Crippen molar-refractivity contribution in [1.82, 2.24) is 9.97 Å². The zero-order valence-electron chi connectivity index (χ0n) is 5.75. The number of hydrogen-bond acceptors (Lipinski definition) is 2. The Hall–Kier alpha value is -1.09. The molecule has 0 bridgehead atoms. The minimum atomic E-state index is -0.201. The summed E-state index contributed by atoms with van der Waals surface area (Å²) in [6.07, 6.45) is 6.25. The first-order valence-corrected chi connectivity index (χ1v) is 3.63. The summed E-state index contributed by atoms with van der Waals surface area (Å²) in [5.74, 6) is 0.445. The van der Waals surface area contributed by atoms with Crippen molar-refractivity contribution in [2.45, 2.75) is 0 Å².